The van der Waals surface area contributed by atoms with Gasteiger partial charge in [0.15, 0.2) is 0 Å². The summed E-state index contributed by atoms with van der Waals surface area (Å²) in [6, 6.07) is 5.46. The number of methoxy groups -OCH3 is 2. The van der Waals surface area contributed by atoms with Gasteiger partial charge in [-0.25, -0.2) is 0 Å². The minimum Gasteiger partial charge on any atom is -0.497 e. The first-order valence-electron chi connectivity index (χ1n) is 7.76. The maximum absolute atomic E-state index is 12.1. The van der Waals surface area contributed by atoms with E-state index in [1.807, 2.05) is 18.2 Å². The molecule has 2 atom stereocenters. The van der Waals surface area contributed by atoms with Gasteiger partial charge in [0.05, 0.1) is 20.1 Å². The molecule has 1 aliphatic rings. The van der Waals surface area contributed by atoms with Crippen molar-refractivity contribution in [2.45, 2.75) is 38.1 Å². The van der Waals surface area contributed by atoms with E-state index in [-0.39, 0.29) is 17.9 Å². The number of nitrogens with one attached hydrogen (secondary N) is 1. The zero-order chi connectivity index (χ0) is 16.8. The van der Waals surface area contributed by atoms with Crippen LogP contribution in [-0.4, -0.2) is 37.2 Å². The lowest BCUT2D eigenvalue weighted by Crippen LogP contribution is -2.33. The number of rotatable bonds is 7. The summed E-state index contributed by atoms with van der Waals surface area (Å²) in [6.45, 7) is 0. The zero-order valence-corrected chi connectivity index (χ0v) is 13.5. The Morgan fingerprint density at radius 2 is 2.04 bits per heavy atom. The van der Waals surface area contributed by atoms with Crippen molar-refractivity contribution in [1.29, 1.82) is 0 Å². The molecule has 1 saturated carbocycles. The second-order valence-electron chi connectivity index (χ2n) is 5.79. The van der Waals surface area contributed by atoms with Gasteiger partial charge in [-0.05, 0) is 49.4 Å². The van der Waals surface area contributed by atoms with Crippen LogP contribution in [0.15, 0.2) is 18.2 Å². The number of hydrogen-bond donors (Lipinski definition) is 2. The quantitative estimate of drug-likeness (QED) is 0.802. The van der Waals surface area contributed by atoms with E-state index >= 15 is 0 Å². The highest BCUT2D eigenvalue weighted by Crippen LogP contribution is 2.27. The smallest absolute Gasteiger partial charge is 0.306 e. The summed E-state index contributed by atoms with van der Waals surface area (Å²) in [6.07, 6.45) is 2.75. The molecule has 126 valence electrons. The summed E-state index contributed by atoms with van der Waals surface area (Å²) in [5, 5.41) is 11.9. The first-order chi connectivity index (χ1) is 11.0. The Bertz CT molecular complexity index is 572. The monoisotopic (exact) mass is 321 g/mol. The Morgan fingerprint density at radius 3 is 2.65 bits per heavy atom. The van der Waals surface area contributed by atoms with E-state index in [1.165, 1.54) is 0 Å². The third-order valence-electron chi connectivity index (χ3n) is 4.26. The number of amides is 1. The van der Waals surface area contributed by atoms with Crippen molar-refractivity contribution in [2.24, 2.45) is 5.92 Å². The van der Waals surface area contributed by atoms with Gasteiger partial charge in [-0.15, -0.1) is 0 Å². The molecule has 6 heteroatoms. The fourth-order valence-corrected chi connectivity index (χ4v) is 2.96. The number of aliphatic carboxylic acids is 1. The molecule has 2 N–H and O–H groups in total. The van der Waals surface area contributed by atoms with Crippen molar-refractivity contribution in [1.82, 2.24) is 5.32 Å². The van der Waals surface area contributed by atoms with Gasteiger partial charge < -0.3 is 19.9 Å². The van der Waals surface area contributed by atoms with E-state index in [0.717, 1.165) is 23.5 Å². The number of carbonyl (C=O) groups excluding carboxylic acids is 1. The molecule has 0 heterocycles. The van der Waals surface area contributed by atoms with Crippen LogP contribution in [0.1, 0.15) is 31.2 Å². The fraction of sp³-hybridized carbons (Fsp3) is 0.529. The van der Waals surface area contributed by atoms with Crippen molar-refractivity contribution in [3.8, 4) is 11.5 Å². The van der Waals surface area contributed by atoms with Gasteiger partial charge >= 0.3 is 5.97 Å². The van der Waals surface area contributed by atoms with Crippen LogP contribution in [-0.2, 0) is 16.0 Å². The van der Waals surface area contributed by atoms with E-state index in [0.29, 0.717) is 25.7 Å². The maximum Gasteiger partial charge on any atom is 0.306 e. The first kappa shape index (κ1) is 17.1. The molecule has 1 fully saturated rings. The Morgan fingerprint density at radius 1 is 1.26 bits per heavy atom. The van der Waals surface area contributed by atoms with Crippen LogP contribution < -0.4 is 14.8 Å². The Balaban J connectivity index is 1.86. The van der Waals surface area contributed by atoms with E-state index in [2.05, 4.69) is 5.32 Å². The molecule has 0 bridgehead atoms. The number of benzene rings is 1. The Labute approximate surface area is 135 Å². The molecule has 0 radical (unpaired) electrons. The molecule has 1 aromatic carbocycles. The molecule has 0 saturated heterocycles. The third-order valence-corrected chi connectivity index (χ3v) is 4.26. The predicted molar refractivity (Wildman–Crippen MR) is 84.8 cm³/mol. The van der Waals surface area contributed by atoms with Gasteiger partial charge in [-0.2, -0.15) is 0 Å². The van der Waals surface area contributed by atoms with Crippen LogP contribution >= 0.6 is 0 Å². The average molecular weight is 321 g/mol. The number of carboxylic acid groups (broad SMARTS) is 1. The Hall–Kier alpha value is -2.24. The average Bonchev–Trinajstić information content (AvgIpc) is 3.01. The van der Waals surface area contributed by atoms with Gasteiger partial charge in [-0.3, -0.25) is 9.59 Å². The molecular formula is C17H23NO5. The molecule has 1 amide bonds. The van der Waals surface area contributed by atoms with Crippen molar-refractivity contribution < 1.29 is 24.2 Å². The summed E-state index contributed by atoms with van der Waals surface area (Å²) >= 11 is 0. The maximum atomic E-state index is 12.1. The van der Waals surface area contributed by atoms with Gasteiger partial charge in [0, 0.05) is 12.5 Å². The lowest BCUT2D eigenvalue weighted by atomic mass is 10.1. The molecule has 0 spiro atoms. The molecule has 0 unspecified atom stereocenters. The second-order valence-corrected chi connectivity index (χ2v) is 5.79. The first-order valence-corrected chi connectivity index (χ1v) is 7.76. The Kier molecular flexibility index (Phi) is 5.84. The van der Waals surface area contributed by atoms with Gasteiger partial charge in [0.2, 0.25) is 5.91 Å². The number of aryl methyl sites for hydroxylation is 1. The summed E-state index contributed by atoms with van der Waals surface area (Å²) in [5.74, 6) is 0.277. The second kappa shape index (κ2) is 7.85. The highest BCUT2D eigenvalue weighted by molar-refractivity contribution is 5.77. The van der Waals surface area contributed by atoms with Crippen molar-refractivity contribution in [3.05, 3.63) is 23.8 Å². The topological polar surface area (TPSA) is 84.9 Å². The van der Waals surface area contributed by atoms with E-state index in [4.69, 9.17) is 14.6 Å². The summed E-state index contributed by atoms with van der Waals surface area (Å²) < 4.78 is 10.5. The van der Waals surface area contributed by atoms with E-state index in [1.54, 1.807) is 14.2 Å². The van der Waals surface area contributed by atoms with Crippen molar-refractivity contribution in [2.75, 3.05) is 14.2 Å². The summed E-state index contributed by atoms with van der Waals surface area (Å²) in [4.78, 5) is 23.0. The molecule has 2 rings (SSSR count). The molecular weight excluding hydrogens is 298 g/mol. The summed E-state index contributed by atoms with van der Waals surface area (Å²) in [7, 11) is 3.19. The molecule has 1 aromatic rings. The molecule has 0 aliphatic heterocycles. The third kappa shape index (κ3) is 4.61. The van der Waals surface area contributed by atoms with Crippen LogP contribution in [0, 0.1) is 5.92 Å². The molecule has 1 aliphatic carbocycles. The molecule has 23 heavy (non-hydrogen) atoms. The van der Waals surface area contributed by atoms with Crippen LogP contribution in [0.4, 0.5) is 0 Å². The highest BCUT2D eigenvalue weighted by atomic mass is 16.5. The number of carbonyl (C=O) groups is 2. The number of ether oxygens (including phenoxy) is 2. The zero-order valence-electron chi connectivity index (χ0n) is 13.5. The van der Waals surface area contributed by atoms with E-state index < -0.39 is 5.97 Å². The molecule has 6 nitrogen and oxygen atoms in total. The van der Waals surface area contributed by atoms with Crippen molar-refractivity contribution >= 4 is 11.9 Å². The normalized spacial score (nSPS) is 20.1. The predicted octanol–water partition coefficient (Wildman–Crippen LogP) is 2.01. The van der Waals surface area contributed by atoms with Crippen LogP contribution in [0.2, 0.25) is 0 Å². The summed E-state index contributed by atoms with van der Waals surface area (Å²) in [5.41, 5.74) is 0.914. The SMILES string of the molecule is COc1ccc(OC)c(CCC(=O)N[C@@H]2CC[C@H](C(=O)O)C2)c1. The lowest BCUT2D eigenvalue weighted by molar-refractivity contribution is -0.141. The van der Waals surface area contributed by atoms with Crippen LogP contribution in [0.5, 0.6) is 11.5 Å². The molecule has 0 aromatic heterocycles. The van der Waals surface area contributed by atoms with Gasteiger partial charge in [0.25, 0.3) is 0 Å². The lowest BCUT2D eigenvalue weighted by Gasteiger charge is -2.13. The minimum absolute atomic E-state index is 0.0317. The number of hydrogen-bond acceptors (Lipinski definition) is 4. The van der Waals surface area contributed by atoms with Gasteiger partial charge in [0.1, 0.15) is 11.5 Å². The fourth-order valence-electron chi connectivity index (χ4n) is 2.96. The van der Waals surface area contributed by atoms with Crippen LogP contribution in [0.25, 0.3) is 0 Å². The largest absolute Gasteiger partial charge is 0.497 e. The standard InChI is InChI=1S/C17H23NO5/c1-22-14-6-7-15(23-2)11(10-14)4-8-16(19)18-13-5-3-12(9-13)17(20)21/h6-7,10,12-13H,3-5,8-9H2,1-2H3,(H,18,19)(H,20,21)/t12-,13+/m0/s1. The highest BCUT2D eigenvalue weighted by Gasteiger charge is 2.30. The van der Waals surface area contributed by atoms with Gasteiger partial charge in [-0.1, -0.05) is 0 Å². The van der Waals surface area contributed by atoms with Crippen LogP contribution in [0.3, 0.4) is 0 Å². The minimum atomic E-state index is -0.775. The van der Waals surface area contributed by atoms with Crippen molar-refractivity contribution in [3.63, 3.8) is 0 Å². The number of carboxylic acids is 1. The van der Waals surface area contributed by atoms with E-state index in [9.17, 15) is 9.59 Å².